The number of esters is 3. The highest BCUT2D eigenvalue weighted by Gasteiger charge is 2.19. The molecule has 0 radical (unpaired) electrons. The van der Waals surface area contributed by atoms with Crippen molar-refractivity contribution in [3.05, 3.63) is 0 Å². The number of carbonyl (C=O) groups excluding carboxylic acids is 3. The van der Waals surface area contributed by atoms with E-state index in [2.05, 4.69) is 41.5 Å². The molecule has 0 aliphatic carbocycles. The Balaban J connectivity index is 4.31. The van der Waals surface area contributed by atoms with Crippen LogP contribution in [0.15, 0.2) is 0 Å². The van der Waals surface area contributed by atoms with E-state index in [9.17, 15) is 14.4 Å². The molecular weight excluding hydrogens is 721 g/mol. The number of unbranched alkanes of at least 4 members (excludes halogenated alkanes) is 27. The van der Waals surface area contributed by atoms with Gasteiger partial charge in [-0.3, -0.25) is 14.4 Å². The molecule has 0 aromatic heterocycles. The number of carbonyl (C=O) groups is 3. The Morgan fingerprint density at radius 2 is 0.603 bits per heavy atom. The van der Waals surface area contributed by atoms with E-state index in [0.29, 0.717) is 19.3 Å². The molecule has 2 atom stereocenters. The number of ether oxygens (including phenoxy) is 3. The van der Waals surface area contributed by atoms with Gasteiger partial charge in [0, 0.05) is 19.3 Å². The van der Waals surface area contributed by atoms with E-state index in [4.69, 9.17) is 14.2 Å². The Bertz CT molecular complexity index is 900. The maximum absolute atomic E-state index is 12.8. The van der Waals surface area contributed by atoms with Gasteiger partial charge in [-0.05, 0) is 37.0 Å². The fourth-order valence-electron chi connectivity index (χ4n) is 7.73. The van der Waals surface area contributed by atoms with Crippen LogP contribution in [0.3, 0.4) is 0 Å². The predicted octanol–water partition coefficient (Wildman–Crippen LogP) is 16.4. The minimum Gasteiger partial charge on any atom is -0.462 e. The molecule has 0 N–H and O–H groups in total. The molecule has 1 unspecified atom stereocenters. The third-order valence-corrected chi connectivity index (χ3v) is 12.0. The van der Waals surface area contributed by atoms with Crippen LogP contribution in [0.4, 0.5) is 0 Å². The van der Waals surface area contributed by atoms with Gasteiger partial charge in [0.05, 0.1) is 0 Å². The zero-order valence-corrected chi connectivity index (χ0v) is 39.8. The van der Waals surface area contributed by atoms with E-state index in [1.54, 1.807) is 0 Å². The van der Waals surface area contributed by atoms with Crippen molar-refractivity contribution in [1.82, 2.24) is 0 Å². The van der Waals surface area contributed by atoms with Gasteiger partial charge in [-0.15, -0.1) is 0 Å². The standard InChI is InChI=1S/C52H100O6/c1-7-48(6)40-34-28-22-18-19-24-30-36-42-51(54)57-45-49(58-52(55)43-37-31-25-17-13-15-21-27-33-39-47(4)5)44-56-50(53)41-35-29-23-16-12-10-8-9-11-14-20-26-32-38-46(2)3/h46-49H,7-45H2,1-6H3/t48?,49-/m0/s1. The Morgan fingerprint density at radius 3 is 0.897 bits per heavy atom. The largest absolute Gasteiger partial charge is 0.462 e. The molecule has 6 heteroatoms. The lowest BCUT2D eigenvalue weighted by Gasteiger charge is -2.18. The van der Waals surface area contributed by atoms with Gasteiger partial charge < -0.3 is 14.2 Å². The SMILES string of the molecule is CCC(C)CCCCCCCCCCC(=O)OC[C@H](COC(=O)CCCCCCCCCCCCCCCC(C)C)OC(=O)CCCCCCCCCCCC(C)C. The highest BCUT2D eigenvalue weighted by molar-refractivity contribution is 5.71. The van der Waals surface area contributed by atoms with Gasteiger partial charge in [0.15, 0.2) is 6.10 Å². The normalized spacial score (nSPS) is 12.6. The summed E-state index contributed by atoms with van der Waals surface area (Å²) < 4.78 is 16.8. The van der Waals surface area contributed by atoms with Gasteiger partial charge >= 0.3 is 17.9 Å². The molecule has 0 saturated carbocycles. The second-order valence-corrected chi connectivity index (χ2v) is 19.0. The lowest BCUT2D eigenvalue weighted by molar-refractivity contribution is -0.167. The summed E-state index contributed by atoms with van der Waals surface area (Å²) in [5, 5.41) is 0. The molecule has 0 amide bonds. The zero-order chi connectivity index (χ0) is 42.7. The summed E-state index contributed by atoms with van der Waals surface area (Å²) in [4.78, 5) is 37.9. The molecule has 344 valence electrons. The summed E-state index contributed by atoms with van der Waals surface area (Å²) in [6, 6.07) is 0. The van der Waals surface area contributed by atoms with Gasteiger partial charge in [0.2, 0.25) is 0 Å². The fourth-order valence-corrected chi connectivity index (χ4v) is 7.73. The van der Waals surface area contributed by atoms with Crippen LogP contribution >= 0.6 is 0 Å². The first-order valence-electron chi connectivity index (χ1n) is 25.6. The fraction of sp³-hybridized carbons (Fsp3) is 0.942. The van der Waals surface area contributed by atoms with Gasteiger partial charge in [-0.25, -0.2) is 0 Å². The van der Waals surface area contributed by atoms with E-state index in [0.717, 1.165) is 75.5 Å². The summed E-state index contributed by atoms with van der Waals surface area (Å²) >= 11 is 0. The smallest absolute Gasteiger partial charge is 0.306 e. The van der Waals surface area contributed by atoms with Crippen LogP contribution in [0, 0.1) is 17.8 Å². The molecule has 0 bridgehead atoms. The predicted molar refractivity (Wildman–Crippen MR) is 247 cm³/mol. The van der Waals surface area contributed by atoms with Crippen molar-refractivity contribution < 1.29 is 28.6 Å². The van der Waals surface area contributed by atoms with E-state index in [1.807, 2.05) is 0 Å². The monoisotopic (exact) mass is 821 g/mol. The molecule has 0 saturated heterocycles. The van der Waals surface area contributed by atoms with Crippen molar-refractivity contribution in [3.8, 4) is 0 Å². The average Bonchev–Trinajstić information content (AvgIpc) is 3.19. The molecule has 58 heavy (non-hydrogen) atoms. The first-order chi connectivity index (χ1) is 28.1. The van der Waals surface area contributed by atoms with Crippen LogP contribution in [0.25, 0.3) is 0 Å². The molecule has 0 spiro atoms. The third kappa shape index (κ3) is 44.0. The van der Waals surface area contributed by atoms with Gasteiger partial charge in [-0.1, -0.05) is 241 Å². The van der Waals surface area contributed by atoms with Crippen LogP contribution in [-0.4, -0.2) is 37.2 Å². The van der Waals surface area contributed by atoms with Crippen LogP contribution < -0.4 is 0 Å². The maximum atomic E-state index is 12.8. The van der Waals surface area contributed by atoms with Crippen LogP contribution in [-0.2, 0) is 28.6 Å². The van der Waals surface area contributed by atoms with Crippen molar-refractivity contribution in [2.75, 3.05) is 13.2 Å². The first kappa shape index (κ1) is 56.4. The molecule has 0 rings (SSSR count). The maximum Gasteiger partial charge on any atom is 0.306 e. The molecule has 0 fully saturated rings. The molecule has 0 aromatic carbocycles. The Kier molecular flexibility index (Phi) is 42.3. The molecule has 0 aromatic rings. The zero-order valence-electron chi connectivity index (χ0n) is 39.8. The lowest BCUT2D eigenvalue weighted by atomic mass is 9.99. The third-order valence-electron chi connectivity index (χ3n) is 12.0. The first-order valence-corrected chi connectivity index (χ1v) is 25.6. The van der Waals surface area contributed by atoms with Crippen LogP contribution in [0.5, 0.6) is 0 Å². The summed E-state index contributed by atoms with van der Waals surface area (Å²) in [5.41, 5.74) is 0. The second-order valence-electron chi connectivity index (χ2n) is 19.0. The second kappa shape index (κ2) is 43.5. The molecule has 0 aliphatic heterocycles. The van der Waals surface area contributed by atoms with Crippen LogP contribution in [0.1, 0.15) is 279 Å². The number of hydrogen-bond donors (Lipinski definition) is 0. The van der Waals surface area contributed by atoms with Gasteiger partial charge in [-0.2, -0.15) is 0 Å². The minimum atomic E-state index is -0.763. The van der Waals surface area contributed by atoms with Gasteiger partial charge in [0.1, 0.15) is 13.2 Å². The highest BCUT2D eigenvalue weighted by atomic mass is 16.6. The molecule has 0 heterocycles. The van der Waals surface area contributed by atoms with Crippen molar-refractivity contribution in [1.29, 1.82) is 0 Å². The summed E-state index contributed by atoms with van der Waals surface area (Å²) in [7, 11) is 0. The topological polar surface area (TPSA) is 78.9 Å². The Hall–Kier alpha value is -1.59. The number of rotatable bonds is 45. The summed E-state index contributed by atoms with van der Waals surface area (Å²) in [6.45, 7) is 13.7. The van der Waals surface area contributed by atoms with Gasteiger partial charge in [0.25, 0.3) is 0 Å². The minimum absolute atomic E-state index is 0.0652. The molecule has 0 aliphatic rings. The number of hydrogen-bond acceptors (Lipinski definition) is 6. The lowest BCUT2D eigenvalue weighted by Crippen LogP contribution is -2.30. The summed E-state index contributed by atoms with van der Waals surface area (Å²) in [6.07, 6.45) is 42.3. The van der Waals surface area contributed by atoms with E-state index in [-0.39, 0.29) is 31.1 Å². The van der Waals surface area contributed by atoms with Crippen molar-refractivity contribution in [2.24, 2.45) is 17.8 Å². The van der Waals surface area contributed by atoms with Crippen molar-refractivity contribution >= 4 is 17.9 Å². The van der Waals surface area contributed by atoms with E-state index in [1.165, 1.54) is 161 Å². The Morgan fingerprint density at radius 1 is 0.345 bits per heavy atom. The quantitative estimate of drug-likeness (QED) is 0.0346. The van der Waals surface area contributed by atoms with Crippen LogP contribution in [0.2, 0.25) is 0 Å². The summed E-state index contributed by atoms with van der Waals surface area (Å²) in [5.74, 6) is 1.64. The highest BCUT2D eigenvalue weighted by Crippen LogP contribution is 2.18. The Labute approximate surface area is 361 Å². The molecule has 6 nitrogen and oxygen atoms in total. The van der Waals surface area contributed by atoms with Crippen molar-refractivity contribution in [3.63, 3.8) is 0 Å². The van der Waals surface area contributed by atoms with Crippen molar-refractivity contribution in [2.45, 2.75) is 285 Å². The van der Waals surface area contributed by atoms with E-state index >= 15 is 0 Å². The molecular formula is C52H100O6. The average molecular weight is 821 g/mol. The van der Waals surface area contributed by atoms with E-state index < -0.39 is 6.10 Å².